The van der Waals surface area contributed by atoms with E-state index in [-0.39, 0.29) is 33.9 Å². The fraction of sp³-hybridized carbons (Fsp3) is 0.448. The lowest BCUT2D eigenvalue weighted by Crippen LogP contribution is -2.37. The fourth-order valence-corrected chi connectivity index (χ4v) is 6.87. The Bertz CT molecular complexity index is 1410. The van der Waals surface area contributed by atoms with Gasteiger partial charge in [0, 0.05) is 29.3 Å². The van der Waals surface area contributed by atoms with Gasteiger partial charge in [0.25, 0.3) is 0 Å². The number of nitrogens with two attached hydrogens (primary N) is 1. The van der Waals surface area contributed by atoms with Gasteiger partial charge in [0.1, 0.15) is 22.3 Å². The first-order valence-corrected chi connectivity index (χ1v) is 15.1. The molecule has 2 atom stereocenters. The summed E-state index contributed by atoms with van der Waals surface area (Å²) in [5.74, 6) is -0.200. The van der Waals surface area contributed by atoms with Crippen LogP contribution in [-0.2, 0) is 11.2 Å². The number of rotatable bonds is 9. The Balaban J connectivity index is 1.73. The molecule has 214 valence electrons. The summed E-state index contributed by atoms with van der Waals surface area (Å²) in [5, 5.41) is -0.143. The summed E-state index contributed by atoms with van der Waals surface area (Å²) in [6.07, 6.45) is 7.23. The van der Waals surface area contributed by atoms with Crippen LogP contribution >= 0.6 is 0 Å². The summed E-state index contributed by atoms with van der Waals surface area (Å²) < 4.78 is 45.2. The summed E-state index contributed by atoms with van der Waals surface area (Å²) in [5.41, 5.74) is 7.01. The van der Waals surface area contributed by atoms with Gasteiger partial charge < -0.3 is 19.8 Å². The molecule has 1 fully saturated rings. The summed E-state index contributed by atoms with van der Waals surface area (Å²) in [7, 11) is 0. The summed E-state index contributed by atoms with van der Waals surface area (Å²) in [6.45, 7) is 10.9. The standard InChI is InChI=1S/C29H37F2N7OS/c1-6-37-11-9-20(10-12-37)29(40(5)39)21-7-8-26(34-15-21)36-27(24(31)16-33-17-32)22-13-23(30)28-25(14-22)38(18(2)3)19(4)35-28/h7-8,13-18,20,29H,6,9-12H2,1-5H3,(H2,32,33)/b24-16+,36-27-/t29-,40?/m0/s1. The molecule has 11 heteroatoms. The average Bonchev–Trinajstić information content (AvgIpc) is 3.28. The predicted octanol–water partition coefficient (Wildman–Crippen LogP) is 5.53. The molecule has 3 aromatic rings. The zero-order valence-electron chi connectivity index (χ0n) is 23.6. The van der Waals surface area contributed by atoms with Crippen molar-refractivity contribution in [3.8, 4) is 0 Å². The van der Waals surface area contributed by atoms with Crippen LogP contribution in [0.15, 0.2) is 52.5 Å². The van der Waals surface area contributed by atoms with Crippen LogP contribution in [-0.4, -0.2) is 61.9 Å². The second-order valence-corrected chi connectivity index (χ2v) is 11.8. The van der Waals surface area contributed by atoms with Crippen molar-refractivity contribution in [3.63, 3.8) is 0 Å². The smallest absolute Gasteiger partial charge is 0.167 e. The fourth-order valence-electron chi connectivity index (χ4n) is 5.54. The van der Waals surface area contributed by atoms with Crippen LogP contribution in [0.3, 0.4) is 0 Å². The van der Waals surface area contributed by atoms with E-state index in [4.69, 9.17) is 5.73 Å². The Morgan fingerprint density at radius 1 is 1.27 bits per heavy atom. The van der Waals surface area contributed by atoms with Crippen LogP contribution in [0.2, 0.25) is 0 Å². The van der Waals surface area contributed by atoms with Gasteiger partial charge in [-0.2, -0.15) is 0 Å². The largest absolute Gasteiger partial charge is 0.616 e. The molecule has 0 saturated carbocycles. The molecule has 3 heterocycles. The van der Waals surface area contributed by atoms with Gasteiger partial charge in [-0.25, -0.2) is 28.7 Å². The molecular formula is C29H37F2N7OS. The Kier molecular flexibility index (Phi) is 9.70. The molecule has 2 aromatic heterocycles. The molecule has 1 aliphatic rings. The van der Waals surface area contributed by atoms with E-state index in [1.807, 2.05) is 24.5 Å². The number of aliphatic imine (C=N–C) groups is 2. The van der Waals surface area contributed by atoms with Crippen LogP contribution in [0.1, 0.15) is 61.9 Å². The quantitative estimate of drug-likeness (QED) is 0.207. The molecular weight excluding hydrogens is 532 g/mol. The van der Waals surface area contributed by atoms with E-state index < -0.39 is 22.8 Å². The first-order chi connectivity index (χ1) is 19.1. The lowest BCUT2D eigenvalue weighted by molar-refractivity contribution is 0.188. The number of nitrogens with zero attached hydrogens (tertiary/aromatic N) is 6. The van der Waals surface area contributed by atoms with Gasteiger partial charge in [-0.15, -0.1) is 0 Å². The van der Waals surface area contributed by atoms with Crippen molar-refractivity contribution in [2.75, 3.05) is 25.9 Å². The number of fused-ring (bicyclic) bond motifs is 1. The van der Waals surface area contributed by atoms with Crippen LogP contribution < -0.4 is 5.73 Å². The summed E-state index contributed by atoms with van der Waals surface area (Å²) in [4.78, 5) is 19.4. The second kappa shape index (κ2) is 13.0. The number of aryl methyl sites for hydroxylation is 1. The molecule has 0 aliphatic carbocycles. The third-order valence-electron chi connectivity index (χ3n) is 7.41. The molecule has 1 saturated heterocycles. The molecule has 0 spiro atoms. The highest BCUT2D eigenvalue weighted by atomic mass is 32.2. The predicted molar refractivity (Wildman–Crippen MR) is 159 cm³/mol. The number of benzene rings is 1. The highest BCUT2D eigenvalue weighted by Gasteiger charge is 2.34. The molecule has 1 aromatic carbocycles. The van der Waals surface area contributed by atoms with E-state index in [2.05, 4.69) is 31.8 Å². The number of imidazole rings is 1. The first kappa shape index (κ1) is 29.8. The van der Waals surface area contributed by atoms with Crippen LogP contribution in [0, 0.1) is 18.7 Å². The minimum Gasteiger partial charge on any atom is -0.616 e. The molecule has 4 rings (SSSR count). The molecule has 0 bridgehead atoms. The van der Waals surface area contributed by atoms with Gasteiger partial charge in [-0.05, 0) is 88.7 Å². The van der Waals surface area contributed by atoms with Gasteiger partial charge in [0.2, 0.25) is 0 Å². The van der Waals surface area contributed by atoms with Crippen molar-refractivity contribution in [2.24, 2.45) is 21.6 Å². The number of pyridine rings is 1. The van der Waals surface area contributed by atoms with Crippen molar-refractivity contribution in [1.29, 1.82) is 0 Å². The number of halogens is 2. The topological polar surface area (TPSA) is 108 Å². The number of piperidine rings is 1. The van der Waals surface area contributed by atoms with Gasteiger partial charge in [-0.1, -0.05) is 6.92 Å². The van der Waals surface area contributed by atoms with Gasteiger partial charge >= 0.3 is 0 Å². The molecule has 40 heavy (non-hydrogen) atoms. The maximum atomic E-state index is 15.4. The third kappa shape index (κ3) is 6.42. The normalized spacial score (nSPS) is 17.8. The van der Waals surface area contributed by atoms with E-state index in [9.17, 15) is 4.55 Å². The highest BCUT2D eigenvalue weighted by molar-refractivity contribution is 7.90. The van der Waals surface area contributed by atoms with E-state index in [1.165, 1.54) is 6.07 Å². The molecule has 2 N–H and O–H groups in total. The van der Waals surface area contributed by atoms with Gasteiger partial charge in [0.15, 0.2) is 17.5 Å². The minimum atomic E-state index is -1.08. The Labute approximate surface area is 237 Å². The highest BCUT2D eigenvalue weighted by Crippen LogP contribution is 2.37. The van der Waals surface area contributed by atoms with E-state index >= 15 is 8.78 Å². The number of aromatic nitrogens is 3. The second-order valence-electron chi connectivity index (χ2n) is 10.3. The lowest BCUT2D eigenvalue weighted by Gasteiger charge is -2.35. The van der Waals surface area contributed by atoms with Crippen molar-refractivity contribution >= 4 is 40.1 Å². The van der Waals surface area contributed by atoms with Crippen molar-refractivity contribution < 1.29 is 13.3 Å². The minimum absolute atomic E-state index is 0.0164. The van der Waals surface area contributed by atoms with Crippen LogP contribution in [0.25, 0.3) is 11.0 Å². The molecule has 8 nitrogen and oxygen atoms in total. The van der Waals surface area contributed by atoms with E-state index in [1.54, 1.807) is 31.5 Å². The zero-order chi connectivity index (χ0) is 29.0. The van der Waals surface area contributed by atoms with Crippen molar-refractivity contribution in [1.82, 2.24) is 19.4 Å². The van der Waals surface area contributed by atoms with Crippen LogP contribution in [0.5, 0.6) is 0 Å². The number of hydrogen-bond acceptors (Lipinski definition) is 6. The van der Waals surface area contributed by atoms with Crippen LogP contribution in [0.4, 0.5) is 14.6 Å². The number of likely N-dealkylation sites (tertiary alicyclic amines) is 1. The monoisotopic (exact) mass is 569 g/mol. The summed E-state index contributed by atoms with van der Waals surface area (Å²) in [6, 6.07) is 6.42. The molecule has 0 amide bonds. The third-order valence-corrected chi connectivity index (χ3v) is 8.78. The average molecular weight is 570 g/mol. The zero-order valence-corrected chi connectivity index (χ0v) is 24.5. The Morgan fingerprint density at radius 2 is 2.00 bits per heavy atom. The van der Waals surface area contributed by atoms with Crippen molar-refractivity contribution in [3.05, 3.63) is 65.3 Å². The van der Waals surface area contributed by atoms with Gasteiger partial charge in [0.05, 0.1) is 24.3 Å². The van der Waals surface area contributed by atoms with Crippen molar-refractivity contribution in [2.45, 2.75) is 51.8 Å². The van der Waals surface area contributed by atoms with E-state index in [0.717, 1.165) is 50.6 Å². The van der Waals surface area contributed by atoms with E-state index in [0.29, 0.717) is 17.3 Å². The molecule has 0 radical (unpaired) electrons. The SMILES string of the molecule is CCN1CCC([C@@H](c2ccc(\N=C(/C(F)=C\N=C\N)c3cc(F)c4nc(C)n(C(C)C)c4c3)nc2)[S+](C)[O-])CC1. The first-order valence-electron chi connectivity index (χ1n) is 13.5. The maximum Gasteiger partial charge on any atom is 0.167 e. The maximum absolute atomic E-state index is 15.4. The summed E-state index contributed by atoms with van der Waals surface area (Å²) >= 11 is -1.08. The lowest BCUT2D eigenvalue weighted by atomic mass is 9.90. The molecule has 1 aliphatic heterocycles. The van der Waals surface area contributed by atoms with Gasteiger partial charge in [-0.3, -0.25) is 0 Å². The Hall–Kier alpha value is -3.15. The number of hydrogen-bond donors (Lipinski definition) is 1. The molecule has 1 unspecified atom stereocenters. The Morgan fingerprint density at radius 3 is 2.58 bits per heavy atom. The number of allylic oxidation sites excluding steroid dienone is 1.